The summed E-state index contributed by atoms with van der Waals surface area (Å²) >= 11 is 0. The van der Waals surface area contributed by atoms with Gasteiger partial charge in [0.25, 0.3) is 0 Å². The van der Waals surface area contributed by atoms with E-state index in [0.29, 0.717) is 6.10 Å². The molecule has 2 heterocycles. The van der Waals surface area contributed by atoms with Gasteiger partial charge >= 0.3 is 0 Å². The highest BCUT2D eigenvalue weighted by Gasteiger charge is 2.27. The Bertz CT molecular complexity index is 395. The summed E-state index contributed by atoms with van der Waals surface area (Å²) in [5, 5.41) is 6.86. The lowest BCUT2D eigenvalue weighted by Crippen LogP contribution is -2.54. The maximum absolute atomic E-state index is 5.69. The Kier molecular flexibility index (Phi) is 12.1. The molecular weight excluding hydrogens is 443 g/mol. The highest BCUT2D eigenvalue weighted by molar-refractivity contribution is 14.0. The molecule has 1 atom stereocenters. The summed E-state index contributed by atoms with van der Waals surface area (Å²) in [6.07, 6.45) is 7.62. The average molecular weight is 482 g/mol. The first kappa shape index (κ1) is 23.9. The van der Waals surface area contributed by atoms with E-state index >= 15 is 0 Å². The van der Waals surface area contributed by atoms with Crippen molar-refractivity contribution in [1.29, 1.82) is 0 Å². The monoisotopic (exact) mass is 482 g/mol. The molecule has 154 valence electrons. The molecule has 2 saturated heterocycles. The number of hydrogen-bond donors (Lipinski definition) is 2. The van der Waals surface area contributed by atoms with Crippen LogP contribution in [0, 0.1) is 0 Å². The van der Waals surface area contributed by atoms with Crippen LogP contribution in [0.1, 0.15) is 52.4 Å². The van der Waals surface area contributed by atoms with Crippen LogP contribution in [-0.4, -0.2) is 75.5 Å². The number of likely N-dealkylation sites (tertiary alicyclic amines) is 1. The van der Waals surface area contributed by atoms with Crippen LogP contribution in [0.25, 0.3) is 0 Å². The quantitative estimate of drug-likeness (QED) is 0.229. The number of rotatable bonds is 9. The van der Waals surface area contributed by atoms with Gasteiger partial charge in [-0.25, -0.2) is 0 Å². The molecule has 0 aromatic carbocycles. The predicted octanol–water partition coefficient (Wildman–Crippen LogP) is 2.62. The van der Waals surface area contributed by atoms with Gasteiger partial charge in [-0.1, -0.05) is 6.42 Å². The standard InChI is InChI=1S/C19H38N4O2.HI/c1-19(2,23-11-5-4-6-12-23)16-22-18(20-3)21-10-8-13-24-15-17-9-7-14-25-17;/h17H,4-16H2,1-3H3,(H2,20,21,22);1H. The second kappa shape index (κ2) is 13.1. The Morgan fingerprint density at radius 2 is 1.96 bits per heavy atom. The third-order valence-corrected chi connectivity index (χ3v) is 5.21. The van der Waals surface area contributed by atoms with Crippen LogP contribution in [0.15, 0.2) is 4.99 Å². The van der Waals surface area contributed by atoms with Gasteiger partial charge in [-0.3, -0.25) is 9.89 Å². The Hall–Kier alpha value is -0.120. The van der Waals surface area contributed by atoms with Crippen molar-refractivity contribution in [3.63, 3.8) is 0 Å². The van der Waals surface area contributed by atoms with E-state index < -0.39 is 0 Å². The molecular formula is C19H39IN4O2. The van der Waals surface area contributed by atoms with Gasteiger partial charge in [-0.15, -0.1) is 24.0 Å². The third kappa shape index (κ3) is 8.71. The molecule has 0 saturated carbocycles. The van der Waals surface area contributed by atoms with Crippen LogP contribution in [0.2, 0.25) is 0 Å². The summed E-state index contributed by atoms with van der Waals surface area (Å²) < 4.78 is 11.2. The van der Waals surface area contributed by atoms with E-state index in [4.69, 9.17) is 9.47 Å². The van der Waals surface area contributed by atoms with Crippen LogP contribution < -0.4 is 10.6 Å². The predicted molar refractivity (Wildman–Crippen MR) is 119 cm³/mol. The van der Waals surface area contributed by atoms with Crippen LogP contribution in [0.4, 0.5) is 0 Å². The molecule has 2 aliphatic rings. The zero-order valence-corrected chi connectivity index (χ0v) is 19.2. The maximum atomic E-state index is 5.69. The molecule has 0 amide bonds. The van der Waals surface area contributed by atoms with Gasteiger partial charge in [0.15, 0.2) is 5.96 Å². The Labute approximate surface area is 176 Å². The normalized spacial score (nSPS) is 22.1. The largest absolute Gasteiger partial charge is 0.379 e. The minimum Gasteiger partial charge on any atom is -0.379 e. The second-order valence-electron chi connectivity index (χ2n) is 7.78. The summed E-state index contributed by atoms with van der Waals surface area (Å²) in [6.45, 7) is 11.2. The number of ether oxygens (including phenoxy) is 2. The van der Waals surface area contributed by atoms with E-state index in [-0.39, 0.29) is 29.5 Å². The molecule has 2 aliphatic heterocycles. The Balaban J connectivity index is 0.00000338. The maximum Gasteiger partial charge on any atom is 0.191 e. The van der Waals surface area contributed by atoms with Gasteiger partial charge in [0.1, 0.15) is 0 Å². The minimum atomic E-state index is 0. The number of hydrogen-bond acceptors (Lipinski definition) is 4. The number of nitrogens with one attached hydrogen (secondary N) is 2. The molecule has 2 rings (SSSR count). The molecule has 2 N–H and O–H groups in total. The second-order valence-corrected chi connectivity index (χ2v) is 7.78. The number of piperidine rings is 1. The third-order valence-electron chi connectivity index (χ3n) is 5.21. The van der Waals surface area contributed by atoms with E-state index in [0.717, 1.165) is 51.7 Å². The lowest BCUT2D eigenvalue weighted by Gasteiger charge is -2.41. The molecule has 2 fully saturated rings. The fourth-order valence-electron chi connectivity index (χ4n) is 3.50. The van der Waals surface area contributed by atoms with Crippen molar-refractivity contribution in [2.75, 3.05) is 53.0 Å². The summed E-state index contributed by atoms with van der Waals surface area (Å²) in [7, 11) is 1.83. The molecule has 0 bridgehead atoms. The zero-order valence-electron chi connectivity index (χ0n) is 16.9. The molecule has 26 heavy (non-hydrogen) atoms. The van der Waals surface area contributed by atoms with Gasteiger partial charge in [-0.2, -0.15) is 0 Å². The van der Waals surface area contributed by atoms with Crippen molar-refractivity contribution in [3.8, 4) is 0 Å². The summed E-state index contributed by atoms with van der Waals surface area (Å²) in [4.78, 5) is 6.93. The number of guanidine groups is 1. The summed E-state index contributed by atoms with van der Waals surface area (Å²) in [6, 6.07) is 0. The first-order valence-corrected chi connectivity index (χ1v) is 10.0. The smallest absolute Gasteiger partial charge is 0.191 e. The lowest BCUT2D eigenvalue weighted by atomic mass is 9.98. The molecule has 6 nitrogen and oxygen atoms in total. The van der Waals surface area contributed by atoms with Crippen molar-refractivity contribution >= 4 is 29.9 Å². The molecule has 0 aromatic heterocycles. The number of nitrogens with zero attached hydrogens (tertiary/aromatic N) is 2. The van der Waals surface area contributed by atoms with Crippen LogP contribution in [0.3, 0.4) is 0 Å². The van der Waals surface area contributed by atoms with E-state index in [1.807, 2.05) is 7.05 Å². The van der Waals surface area contributed by atoms with Crippen molar-refractivity contribution in [2.24, 2.45) is 4.99 Å². The zero-order chi connectivity index (χ0) is 18.0. The summed E-state index contributed by atoms with van der Waals surface area (Å²) in [5.74, 6) is 0.879. The van der Waals surface area contributed by atoms with E-state index in [1.165, 1.54) is 38.8 Å². The van der Waals surface area contributed by atoms with E-state index in [2.05, 4.69) is 34.4 Å². The molecule has 7 heteroatoms. The molecule has 0 spiro atoms. The molecule has 0 aromatic rings. The van der Waals surface area contributed by atoms with E-state index in [9.17, 15) is 0 Å². The Morgan fingerprint density at radius 3 is 2.62 bits per heavy atom. The highest BCUT2D eigenvalue weighted by atomic mass is 127. The first-order valence-electron chi connectivity index (χ1n) is 10.0. The molecule has 1 unspecified atom stereocenters. The number of aliphatic imine (C=N–C) groups is 1. The van der Waals surface area contributed by atoms with Crippen molar-refractivity contribution in [1.82, 2.24) is 15.5 Å². The van der Waals surface area contributed by atoms with Gasteiger partial charge in [0.2, 0.25) is 0 Å². The lowest BCUT2D eigenvalue weighted by molar-refractivity contribution is 0.0168. The van der Waals surface area contributed by atoms with Crippen LogP contribution in [0.5, 0.6) is 0 Å². The van der Waals surface area contributed by atoms with Crippen LogP contribution >= 0.6 is 24.0 Å². The fourth-order valence-corrected chi connectivity index (χ4v) is 3.50. The van der Waals surface area contributed by atoms with Gasteiger partial charge in [0, 0.05) is 38.9 Å². The Morgan fingerprint density at radius 1 is 1.19 bits per heavy atom. The number of halogens is 1. The fraction of sp³-hybridized carbons (Fsp3) is 0.947. The van der Waals surface area contributed by atoms with Crippen molar-refractivity contribution < 1.29 is 9.47 Å². The van der Waals surface area contributed by atoms with E-state index in [1.54, 1.807) is 0 Å². The molecule has 0 aliphatic carbocycles. The SMILES string of the molecule is CN=C(NCCCOCC1CCCO1)NCC(C)(C)N1CCCCC1.I. The first-order chi connectivity index (χ1) is 12.1. The van der Waals surface area contributed by atoms with Gasteiger partial charge < -0.3 is 20.1 Å². The topological polar surface area (TPSA) is 58.1 Å². The average Bonchev–Trinajstić information content (AvgIpc) is 3.14. The van der Waals surface area contributed by atoms with Crippen LogP contribution in [-0.2, 0) is 9.47 Å². The summed E-state index contributed by atoms with van der Waals surface area (Å²) in [5.41, 5.74) is 0.155. The minimum absolute atomic E-state index is 0. The van der Waals surface area contributed by atoms with Gasteiger partial charge in [0.05, 0.1) is 12.7 Å². The van der Waals surface area contributed by atoms with Crippen molar-refractivity contribution in [2.45, 2.75) is 64.0 Å². The molecule has 0 radical (unpaired) electrons. The van der Waals surface area contributed by atoms with Gasteiger partial charge in [-0.05, 0) is 59.0 Å². The van der Waals surface area contributed by atoms with Crippen molar-refractivity contribution in [3.05, 3.63) is 0 Å². The highest BCUT2D eigenvalue weighted by Crippen LogP contribution is 2.19.